The van der Waals surface area contributed by atoms with Crippen LogP contribution in [0.3, 0.4) is 0 Å². The number of carbonyl (C=O) groups is 2. The van der Waals surface area contributed by atoms with Crippen molar-refractivity contribution in [3.05, 3.63) is 86.3 Å². The lowest BCUT2D eigenvalue weighted by atomic mass is 9.81. The summed E-state index contributed by atoms with van der Waals surface area (Å²) in [4.78, 5) is 26.7. The first-order chi connectivity index (χ1) is 16.2. The van der Waals surface area contributed by atoms with E-state index in [0.29, 0.717) is 5.56 Å². The van der Waals surface area contributed by atoms with Crippen molar-refractivity contribution < 1.29 is 27.8 Å². The second kappa shape index (κ2) is 9.73. The normalized spacial score (nSPS) is 15.5. The number of rotatable bonds is 4. The Balaban J connectivity index is 2.53. The summed E-state index contributed by atoms with van der Waals surface area (Å²) in [6, 6.07) is 12.3. The number of halogens is 3. The maximum atomic E-state index is 15.4. The van der Waals surface area contributed by atoms with Gasteiger partial charge in [0, 0.05) is 4.47 Å². The van der Waals surface area contributed by atoms with Crippen LogP contribution in [0, 0.1) is 34.3 Å². The van der Waals surface area contributed by atoms with Gasteiger partial charge in [-0.25, -0.2) is 18.4 Å². The fourth-order valence-corrected chi connectivity index (χ4v) is 4.19. The highest BCUT2D eigenvalue weighted by molar-refractivity contribution is 9.10. The highest BCUT2D eigenvalue weighted by Crippen LogP contribution is 2.46. The molecular formula is C23H15BrF2N4O4. The van der Waals surface area contributed by atoms with Crippen molar-refractivity contribution in [3.8, 4) is 12.1 Å². The number of hydrogen-bond acceptors (Lipinski definition) is 8. The Bertz CT molecular complexity index is 1340. The van der Waals surface area contributed by atoms with E-state index in [1.54, 1.807) is 30.3 Å². The maximum Gasteiger partial charge on any atom is 0.355 e. The molecule has 1 heterocycles. The van der Waals surface area contributed by atoms with Crippen molar-refractivity contribution in [3.63, 3.8) is 0 Å². The van der Waals surface area contributed by atoms with Crippen LogP contribution in [0.25, 0.3) is 0 Å². The number of methoxy groups -OCH3 is 2. The lowest BCUT2D eigenvalue weighted by Crippen LogP contribution is -2.41. The topological polar surface area (TPSA) is 129 Å². The summed E-state index contributed by atoms with van der Waals surface area (Å²) < 4.78 is 39.0. The predicted molar refractivity (Wildman–Crippen MR) is 118 cm³/mol. The maximum absolute atomic E-state index is 15.4. The Labute approximate surface area is 201 Å². The van der Waals surface area contributed by atoms with Crippen LogP contribution in [-0.2, 0) is 19.1 Å². The fourth-order valence-electron chi connectivity index (χ4n) is 3.63. The van der Waals surface area contributed by atoms with Crippen molar-refractivity contribution in [1.29, 1.82) is 10.5 Å². The zero-order chi connectivity index (χ0) is 25.2. The number of allylic oxidation sites excluding steroid dienone is 1. The third-order valence-electron chi connectivity index (χ3n) is 5.09. The molecule has 1 atom stereocenters. The van der Waals surface area contributed by atoms with E-state index in [1.807, 2.05) is 6.07 Å². The average Bonchev–Trinajstić information content (AvgIpc) is 2.83. The van der Waals surface area contributed by atoms with Gasteiger partial charge in [-0.2, -0.15) is 10.5 Å². The van der Waals surface area contributed by atoms with E-state index >= 15 is 4.39 Å². The van der Waals surface area contributed by atoms with Crippen molar-refractivity contribution in [1.82, 2.24) is 0 Å². The quantitative estimate of drug-likeness (QED) is 0.596. The lowest BCUT2D eigenvalue weighted by Gasteiger charge is -2.36. The molecule has 0 saturated carbocycles. The Hall–Kier alpha value is -4.22. The van der Waals surface area contributed by atoms with E-state index in [-0.39, 0.29) is 15.6 Å². The van der Waals surface area contributed by atoms with Gasteiger partial charge in [-0.1, -0.05) is 30.3 Å². The van der Waals surface area contributed by atoms with Gasteiger partial charge in [0.25, 0.3) is 0 Å². The number of benzene rings is 2. The molecule has 0 spiro atoms. The third kappa shape index (κ3) is 3.87. The van der Waals surface area contributed by atoms with Gasteiger partial charge >= 0.3 is 11.9 Å². The summed E-state index contributed by atoms with van der Waals surface area (Å²) in [6.07, 6.45) is 0. The average molecular weight is 529 g/mol. The van der Waals surface area contributed by atoms with Crippen LogP contribution in [0.15, 0.2) is 63.5 Å². The Morgan fingerprint density at radius 2 is 1.71 bits per heavy atom. The summed E-state index contributed by atoms with van der Waals surface area (Å²) in [6.45, 7) is 0. The molecule has 0 aromatic heterocycles. The van der Waals surface area contributed by atoms with Gasteiger partial charge in [0.2, 0.25) is 0 Å². The molecule has 2 aromatic rings. The largest absolute Gasteiger partial charge is 0.466 e. The van der Waals surface area contributed by atoms with Crippen molar-refractivity contribution in [2.75, 3.05) is 19.1 Å². The molecule has 0 bridgehead atoms. The molecule has 0 fully saturated rings. The van der Waals surface area contributed by atoms with E-state index in [4.69, 9.17) is 15.2 Å². The van der Waals surface area contributed by atoms with Crippen molar-refractivity contribution in [2.24, 2.45) is 5.73 Å². The molecule has 0 saturated heterocycles. The second-order valence-electron chi connectivity index (χ2n) is 6.82. The van der Waals surface area contributed by atoms with Crippen LogP contribution >= 0.6 is 15.9 Å². The summed E-state index contributed by atoms with van der Waals surface area (Å²) in [5.74, 6) is -6.27. The van der Waals surface area contributed by atoms with E-state index < -0.39 is 52.3 Å². The molecule has 1 unspecified atom stereocenters. The van der Waals surface area contributed by atoms with Gasteiger partial charge < -0.3 is 15.2 Å². The van der Waals surface area contributed by atoms with Gasteiger partial charge in [-0.15, -0.1) is 0 Å². The minimum atomic E-state index is -1.38. The first-order valence-corrected chi connectivity index (χ1v) is 10.3. The summed E-state index contributed by atoms with van der Waals surface area (Å²) in [5.41, 5.74) is 4.02. The molecule has 0 aliphatic carbocycles. The fraction of sp³-hybridized carbons (Fsp3) is 0.130. The van der Waals surface area contributed by atoms with Crippen LogP contribution in [-0.4, -0.2) is 26.2 Å². The monoisotopic (exact) mass is 528 g/mol. The first-order valence-electron chi connectivity index (χ1n) is 9.46. The van der Waals surface area contributed by atoms with Crippen LogP contribution in [0.2, 0.25) is 0 Å². The number of nitrogens with two attached hydrogens (primary N) is 1. The van der Waals surface area contributed by atoms with Crippen LogP contribution in [0.4, 0.5) is 14.5 Å². The minimum absolute atomic E-state index is 0.214. The number of hydrogen-bond donors (Lipinski definition) is 1. The molecule has 11 heteroatoms. The van der Waals surface area contributed by atoms with Crippen molar-refractivity contribution in [2.45, 2.75) is 5.92 Å². The molecule has 34 heavy (non-hydrogen) atoms. The molecule has 8 nitrogen and oxygen atoms in total. The Morgan fingerprint density at radius 3 is 2.24 bits per heavy atom. The Kier molecular flexibility index (Phi) is 6.99. The van der Waals surface area contributed by atoms with Gasteiger partial charge in [0.1, 0.15) is 29.0 Å². The third-order valence-corrected chi connectivity index (χ3v) is 5.70. The van der Waals surface area contributed by atoms with E-state index in [1.165, 1.54) is 6.07 Å². The highest BCUT2D eigenvalue weighted by atomic mass is 79.9. The molecule has 1 aliphatic heterocycles. The highest BCUT2D eigenvalue weighted by Gasteiger charge is 2.44. The van der Waals surface area contributed by atoms with Crippen LogP contribution < -0.4 is 10.6 Å². The zero-order valence-corrected chi connectivity index (χ0v) is 19.3. The van der Waals surface area contributed by atoms with Crippen LogP contribution in [0.5, 0.6) is 0 Å². The molecule has 2 aromatic carbocycles. The molecule has 0 amide bonds. The number of ether oxygens (including phenoxy) is 2. The molecule has 1 aliphatic rings. The Morgan fingerprint density at radius 1 is 1.09 bits per heavy atom. The summed E-state index contributed by atoms with van der Waals surface area (Å²) in [5, 5.41) is 19.2. The van der Waals surface area contributed by atoms with Crippen molar-refractivity contribution >= 4 is 33.6 Å². The van der Waals surface area contributed by atoms with Gasteiger partial charge in [-0.05, 0) is 27.6 Å². The molecule has 172 valence electrons. The SMILES string of the molecule is COC(=O)C1=C(C(=O)OC)N(c2c(Br)cc(F)c(C#N)c2F)C(N)=C(C#N)C1c1ccccc1. The number of nitriles is 2. The minimum Gasteiger partial charge on any atom is -0.466 e. The lowest BCUT2D eigenvalue weighted by molar-refractivity contribution is -0.139. The van der Waals surface area contributed by atoms with E-state index in [0.717, 1.165) is 25.2 Å². The summed E-state index contributed by atoms with van der Waals surface area (Å²) in [7, 11) is 2.09. The molecule has 2 N–H and O–H groups in total. The zero-order valence-electron chi connectivity index (χ0n) is 17.7. The first kappa shape index (κ1) is 24.4. The summed E-state index contributed by atoms with van der Waals surface area (Å²) >= 11 is 3.02. The number of carbonyl (C=O) groups excluding carboxylic acids is 2. The molecule has 0 radical (unpaired) electrons. The van der Waals surface area contributed by atoms with Crippen LogP contribution in [0.1, 0.15) is 17.0 Å². The number of esters is 2. The number of anilines is 1. The standard InChI is InChI=1S/C23H15BrF2N4O4/c1-33-22(31)17-16(11-6-4-3-5-7-11)13(10-28)21(29)30(20(17)23(32)34-2)19-14(24)8-15(25)12(9-27)18(19)26/h3-8,16H,29H2,1-2H3. The van der Waals surface area contributed by atoms with Gasteiger partial charge in [0.15, 0.2) is 5.82 Å². The van der Waals surface area contributed by atoms with E-state index in [2.05, 4.69) is 15.9 Å². The second-order valence-corrected chi connectivity index (χ2v) is 7.68. The molecule has 3 rings (SSSR count). The number of nitrogens with zero attached hydrogens (tertiary/aromatic N) is 3. The van der Waals surface area contributed by atoms with Gasteiger partial charge in [0.05, 0.1) is 43.0 Å². The molecular weight excluding hydrogens is 514 g/mol. The smallest absolute Gasteiger partial charge is 0.355 e. The van der Waals surface area contributed by atoms with E-state index in [9.17, 15) is 24.5 Å². The van der Waals surface area contributed by atoms with Gasteiger partial charge in [-0.3, -0.25) is 4.90 Å². The predicted octanol–water partition coefficient (Wildman–Crippen LogP) is 3.50.